The van der Waals surface area contributed by atoms with Gasteiger partial charge in [0.25, 0.3) is 5.91 Å². The molecule has 1 aliphatic heterocycles. The number of pyridine rings is 1. The lowest BCUT2D eigenvalue weighted by atomic mass is 9.89. The Morgan fingerprint density at radius 3 is 2.64 bits per heavy atom. The summed E-state index contributed by atoms with van der Waals surface area (Å²) in [7, 11) is 3.32. The molecule has 1 atom stereocenters. The SMILES string of the molecule is COCC(=O)Nc1cc(C(=O)N2CCC[C@H](C(=O)CC(C)C)C2)c2c(c1)nc(-c1ccncc1)n2C. The number of aromatic nitrogens is 3. The summed E-state index contributed by atoms with van der Waals surface area (Å²) < 4.78 is 6.83. The van der Waals surface area contributed by atoms with Gasteiger partial charge in [0.05, 0.1) is 16.6 Å². The molecule has 0 unspecified atom stereocenters. The second-order valence-electron chi connectivity index (χ2n) is 9.76. The molecule has 0 radical (unpaired) electrons. The number of imidazole rings is 1. The van der Waals surface area contributed by atoms with Crippen LogP contribution in [0.25, 0.3) is 22.4 Å². The number of ether oxygens (including phenoxy) is 1. The number of benzene rings is 1. The van der Waals surface area contributed by atoms with Gasteiger partial charge in [0.15, 0.2) is 0 Å². The molecule has 0 saturated carbocycles. The van der Waals surface area contributed by atoms with Gasteiger partial charge in [-0.3, -0.25) is 19.4 Å². The number of methoxy groups -OCH3 is 1. The Balaban J connectivity index is 1.74. The van der Waals surface area contributed by atoms with E-state index >= 15 is 0 Å². The first-order valence-corrected chi connectivity index (χ1v) is 12.3. The Hall–Kier alpha value is -3.59. The van der Waals surface area contributed by atoms with Gasteiger partial charge in [0.1, 0.15) is 18.2 Å². The first kappa shape index (κ1) is 25.5. The van der Waals surface area contributed by atoms with Gasteiger partial charge in [-0.1, -0.05) is 13.8 Å². The largest absolute Gasteiger partial charge is 0.375 e. The highest BCUT2D eigenvalue weighted by Crippen LogP contribution is 2.31. The van der Waals surface area contributed by atoms with Crippen LogP contribution in [0.4, 0.5) is 5.69 Å². The molecular formula is C27H33N5O4. The number of rotatable bonds is 8. The minimum absolute atomic E-state index is 0.0996. The van der Waals surface area contributed by atoms with Gasteiger partial charge in [0, 0.05) is 63.2 Å². The lowest BCUT2D eigenvalue weighted by Crippen LogP contribution is -2.42. The van der Waals surface area contributed by atoms with Crippen molar-refractivity contribution in [2.24, 2.45) is 18.9 Å². The normalized spacial score (nSPS) is 15.9. The van der Waals surface area contributed by atoms with Gasteiger partial charge in [-0.25, -0.2) is 4.98 Å². The van der Waals surface area contributed by atoms with Crippen LogP contribution in [0.15, 0.2) is 36.7 Å². The molecule has 1 N–H and O–H groups in total. The molecule has 3 aromatic rings. The van der Waals surface area contributed by atoms with Crippen molar-refractivity contribution in [3.05, 3.63) is 42.2 Å². The minimum Gasteiger partial charge on any atom is -0.375 e. The lowest BCUT2D eigenvalue weighted by molar-refractivity contribution is -0.125. The lowest BCUT2D eigenvalue weighted by Gasteiger charge is -2.32. The Bertz CT molecular complexity index is 1270. The minimum atomic E-state index is -0.321. The Morgan fingerprint density at radius 2 is 1.94 bits per heavy atom. The van der Waals surface area contributed by atoms with Crippen molar-refractivity contribution < 1.29 is 19.1 Å². The molecule has 0 aliphatic carbocycles. The molecule has 1 aromatic carbocycles. The third kappa shape index (κ3) is 5.46. The molecule has 2 amide bonds. The number of Topliss-reactive ketones (excluding diaryl/α,β-unsaturated/α-hetero) is 1. The monoisotopic (exact) mass is 491 g/mol. The third-order valence-electron chi connectivity index (χ3n) is 6.47. The van der Waals surface area contributed by atoms with Crippen LogP contribution in [0.5, 0.6) is 0 Å². The van der Waals surface area contributed by atoms with Crippen molar-refractivity contribution in [3.63, 3.8) is 0 Å². The molecule has 2 aromatic heterocycles. The number of nitrogens with one attached hydrogen (secondary N) is 1. The number of ketones is 1. The Labute approximate surface area is 210 Å². The van der Waals surface area contributed by atoms with Crippen molar-refractivity contribution in [1.29, 1.82) is 0 Å². The fraction of sp³-hybridized carbons (Fsp3) is 0.444. The summed E-state index contributed by atoms with van der Waals surface area (Å²) in [6.07, 6.45) is 5.49. The highest BCUT2D eigenvalue weighted by molar-refractivity contribution is 6.08. The van der Waals surface area contributed by atoms with Gasteiger partial charge >= 0.3 is 0 Å². The second-order valence-corrected chi connectivity index (χ2v) is 9.76. The van der Waals surface area contributed by atoms with E-state index in [4.69, 9.17) is 9.72 Å². The van der Waals surface area contributed by atoms with Gasteiger partial charge in [-0.2, -0.15) is 0 Å². The van der Waals surface area contributed by atoms with E-state index in [1.54, 1.807) is 29.4 Å². The van der Waals surface area contributed by atoms with Crippen molar-refractivity contribution in [2.45, 2.75) is 33.1 Å². The third-order valence-corrected chi connectivity index (χ3v) is 6.47. The Kier molecular flexibility index (Phi) is 7.79. The van der Waals surface area contributed by atoms with E-state index in [9.17, 15) is 14.4 Å². The highest BCUT2D eigenvalue weighted by atomic mass is 16.5. The molecule has 0 bridgehead atoms. The van der Waals surface area contributed by atoms with Crippen LogP contribution in [0.2, 0.25) is 0 Å². The van der Waals surface area contributed by atoms with E-state index < -0.39 is 0 Å². The van der Waals surface area contributed by atoms with E-state index in [-0.39, 0.29) is 36.0 Å². The quantitative estimate of drug-likeness (QED) is 0.515. The second kappa shape index (κ2) is 11.0. The standard InChI is InChI=1S/C27H33N5O4/c1-17(2)12-23(33)19-6-5-11-32(15-19)27(35)21-13-20(29-24(34)16-36-4)14-22-25(21)31(3)26(30-22)18-7-9-28-10-8-18/h7-10,13-14,17,19H,5-6,11-12,15-16H2,1-4H3,(H,29,34)/t19-/m0/s1. The molecule has 9 heteroatoms. The van der Waals surface area contributed by atoms with Gasteiger partial charge in [-0.05, 0) is 43.0 Å². The maximum absolute atomic E-state index is 13.9. The smallest absolute Gasteiger partial charge is 0.256 e. The zero-order valence-corrected chi connectivity index (χ0v) is 21.3. The van der Waals surface area contributed by atoms with Crippen molar-refractivity contribution in [3.8, 4) is 11.4 Å². The van der Waals surface area contributed by atoms with Crippen LogP contribution >= 0.6 is 0 Å². The molecule has 3 heterocycles. The zero-order chi connectivity index (χ0) is 25.8. The number of aryl methyl sites for hydroxylation is 1. The summed E-state index contributed by atoms with van der Waals surface area (Å²) in [5.41, 5.74) is 3.04. The number of hydrogen-bond acceptors (Lipinski definition) is 6. The number of likely N-dealkylation sites (tertiary alicyclic amines) is 1. The summed E-state index contributed by atoms with van der Waals surface area (Å²) in [6, 6.07) is 7.17. The maximum Gasteiger partial charge on any atom is 0.256 e. The van der Waals surface area contributed by atoms with Crippen LogP contribution in [-0.2, 0) is 21.4 Å². The fourth-order valence-corrected chi connectivity index (χ4v) is 4.84. The van der Waals surface area contributed by atoms with Crippen LogP contribution in [0.3, 0.4) is 0 Å². The summed E-state index contributed by atoms with van der Waals surface area (Å²) in [5, 5.41) is 2.80. The summed E-state index contributed by atoms with van der Waals surface area (Å²) in [4.78, 5) is 49.5. The number of anilines is 1. The number of fused-ring (bicyclic) bond motifs is 1. The molecule has 9 nitrogen and oxygen atoms in total. The zero-order valence-electron chi connectivity index (χ0n) is 21.3. The van der Waals surface area contributed by atoms with Crippen molar-refractivity contribution in [2.75, 3.05) is 32.1 Å². The average Bonchev–Trinajstić information content (AvgIpc) is 3.19. The van der Waals surface area contributed by atoms with Crippen LogP contribution < -0.4 is 5.32 Å². The molecular weight excluding hydrogens is 458 g/mol. The summed E-state index contributed by atoms with van der Waals surface area (Å²) in [5.74, 6) is 0.548. The first-order valence-electron chi connectivity index (χ1n) is 12.3. The highest BCUT2D eigenvalue weighted by Gasteiger charge is 2.31. The van der Waals surface area contributed by atoms with E-state index in [0.29, 0.717) is 47.6 Å². The predicted molar refractivity (Wildman–Crippen MR) is 138 cm³/mol. The maximum atomic E-state index is 13.9. The number of piperidine rings is 1. The summed E-state index contributed by atoms with van der Waals surface area (Å²) in [6.45, 7) is 4.96. The number of hydrogen-bond donors (Lipinski definition) is 1. The van der Waals surface area contributed by atoms with E-state index in [1.165, 1.54) is 7.11 Å². The molecule has 36 heavy (non-hydrogen) atoms. The van der Waals surface area contributed by atoms with Crippen molar-refractivity contribution in [1.82, 2.24) is 19.4 Å². The molecule has 1 saturated heterocycles. The van der Waals surface area contributed by atoms with E-state index in [0.717, 1.165) is 18.4 Å². The topological polar surface area (TPSA) is 106 Å². The van der Waals surface area contributed by atoms with Crippen LogP contribution in [0, 0.1) is 11.8 Å². The first-order chi connectivity index (χ1) is 17.3. The van der Waals surface area contributed by atoms with Gasteiger partial charge in [-0.15, -0.1) is 0 Å². The summed E-state index contributed by atoms with van der Waals surface area (Å²) >= 11 is 0. The fourth-order valence-electron chi connectivity index (χ4n) is 4.84. The predicted octanol–water partition coefficient (Wildman–Crippen LogP) is 3.69. The number of nitrogens with zero attached hydrogens (tertiary/aromatic N) is 4. The molecule has 1 fully saturated rings. The molecule has 4 rings (SSSR count). The van der Waals surface area contributed by atoms with Gasteiger partial charge in [0.2, 0.25) is 5.91 Å². The van der Waals surface area contributed by atoms with Crippen molar-refractivity contribution >= 4 is 34.3 Å². The van der Waals surface area contributed by atoms with Crippen LogP contribution in [0.1, 0.15) is 43.5 Å². The number of carbonyl (C=O) groups is 3. The molecule has 0 spiro atoms. The molecule has 1 aliphatic rings. The molecule has 190 valence electrons. The van der Waals surface area contributed by atoms with Crippen LogP contribution in [-0.4, -0.2) is 63.8 Å². The number of amides is 2. The number of carbonyl (C=O) groups excluding carboxylic acids is 3. The van der Waals surface area contributed by atoms with E-state index in [1.807, 2.05) is 37.6 Å². The van der Waals surface area contributed by atoms with Gasteiger partial charge < -0.3 is 19.5 Å². The average molecular weight is 492 g/mol. The van der Waals surface area contributed by atoms with E-state index in [2.05, 4.69) is 10.3 Å². The Morgan fingerprint density at radius 1 is 1.19 bits per heavy atom.